The molecule has 2 aliphatic rings. The van der Waals surface area contributed by atoms with Gasteiger partial charge in [-0.2, -0.15) is 0 Å². The van der Waals surface area contributed by atoms with Crippen LogP contribution in [0.1, 0.15) is 28.6 Å². The maximum atomic E-state index is 13.0. The van der Waals surface area contributed by atoms with Crippen LogP contribution in [0.3, 0.4) is 0 Å². The normalized spacial score (nSPS) is 21.6. The van der Waals surface area contributed by atoms with E-state index in [-0.39, 0.29) is 12.0 Å². The number of rotatable bonds is 2. The van der Waals surface area contributed by atoms with E-state index in [1.807, 2.05) is 45.0 Å². The maximum absolute atomic E-state index is 13.0. The van der Waals surface area contributed by atoms with Crippen LogP contribution in [0.25, 0.3) is 11.0 Å². The largest absolute Gasteiger partial charge is 0.451 e. The topological polar surface area (TPSA) is 75.4 Å². The summed E-state index contributed by atoms with van der Waals surface area (Å²) < 4.78 is 11.5. The van der Waals surface area contributed by atoms with Gasteiger partial charge in [0.25, 0.3) is 5.91 Å². The van der Waals surface area contributed by atoms with E-state index in [9.17, 15) is 9.59 Å². The van der Waals surface area contributed by atoms with Crippen molar-refractivity contribution in [1.29, 1.82) is 0 Å². The summed E-state index contributed by atoms with van der Waals surface area (Å²) in [5, 5.41) is 0.965. The molecule has 0 N–H and O–H groups in total. The van der Waals surface area contributed by atoms with Gasteiger partial charge in [-0.3, -0.25) is 9.79 Å². The molecule has 2 amide bonds. The van der Waals surface area contributed by atoms with Crippen LogP contribution in [-0.2, 0) is 4.74 Å². The van der Waals surface area contributed by atoms with Crippen LogP contribution >= 0.6 is 0 Å². The minimum absolute atomic E-state index is 0.138. The van der Waals surface area contributed by atoms with Crippen LogP contribution in [0.5, 0.6) is 0 Å². The summed E-state index contributed by atoms with van der Waals surface area (Å²) in [5.74, 6) is 0.236. The summed E-state index contributed by atoms with van der Waals surface area (Å²) in [4.78, 5) is 33.0. The van der Waals surface area contributed by atoms with Crippen molar-refractivity contribution in [3.63, 3.8) is 0 Å². The van der Waals surface area contributed by atoms with Crippen molar-refractivity contribution in [2.75, 3.05) is 32.7 Å². The first-order valence-corrected chi connectivity index (χ1v) is 9.81. The number of hydrogen-bond donors (Lipinski definition) is 0. The van der Waals surface area contributed by atoms with E-state index < -0.39 is 5.60 Å². The SMILES string of the molecule is Cc1ccc2oc(C(=O)N3CCN(C(=O)OC4(C)C=CC=NC4)CC3)c(C)c2c1. The minimum atomic E-state index is -0.720. The van der Waals surface area contributed by atoms with Crippen LogP contribution in [0.2, 0.25) is 0 Å². The maximum Gasteiger partial charge on any atom is 0.410 e. The number of aryl methyl sites for hydroxylation is 2. The molecular formula is C22H25N3O4. The van der Waals surface area contributed by atoms with E-state index in [2.05, 4.69) is 4.99 Å². The fourth-order valence-corrected chi connectivity index (χ4v) is 3.70. The highest BCUT2D eigenvalue weighted by Gasteiger charge is 2.32. The number of aliphatic imine (C=N–C) groups is 1. The molecule has 7 nitrogen and oxygen atoms in total. The fraction of sp³-hybridized carbons (Fsp3) is 0.409. The standard InChI is InChI=1S/C22H25N3O4/c1-15-5-6-18-17(13-15)16(2)19(28-18)20(26)24-9-11-25(12-10-24)21(27)29-22(3)7-4-8-23-14-22/h4-8,13H,9-12,14H2,1-3H3. The molecule has 152 valence electrons. The molecule has 4 rings (SSSR count). The Hall–Kier alpha value is -3.09. The quantitative estimate of drug-likeness (QED) is 0.782. The molecule has 2 aliphatic heterocycles. The molecule has 7 heteroatoms. The molecule has 0 aliphatic carbocycles. The van der Waals surface area contributed by atoms with Gasteiger partial charge in [-0.25, -0.2) is 4.79 Å². The Bertz CT molecular complexity index is 1010. The van der Waals surface area contributed by atoms with Gasteiger partial charge in [0.2, 0.25) is 0 Å². The van der Waals surface area contributed by atoms with Gasteiger partial charge in [0, 0.05) is 43.3 Å². The molecule has 1 unspecified atom stereocenters. The third-order valence-corrected chi connectivity index (χ3v) is 5.48. The predicted molar refractivity (Wildman–Crippen MR) is 111 cm³/mol. The number of allylic oxidation sites excluding steroid dienone is 1. The van der Waals surface area contributed by atoms with Gasteiger partial charge >= 0.3 is 6.09 Å². The van der Waals surface area contributed by atoms with Gasteiger partial charge in [0.15, 0.2) is 5.76 Å². The Balaban J connectivity index is 1.40. The first-order chi connectivity index (χ1) is 13.9. The van der Waals surface area contributed by atoms with E-state index in [0.717, 1.165) is 22.1 Å². The Morgan fingerprint density at radius 2 is 1.86 bits per heavy atom. The smallest absolute Gasteiger partial charge is 0.410 e. The number of amides is 2. The average Bonchev–Trinajstić information content (AvgIpc) is 3.04. The number of benzene rings is 1. The highest BCUT2D eigenvalue weighted by molar-refractivity contribution is 5.99. The van der Waals surface area contributed by atoms with Crippen molar-refractivity contribution < 1.29 is 18.7 Å². The minimum Gasteiger partial charge on any atom is -0.451 e. The Kier molecular flexibility index (Phi) is 4.90. The first-order valence-electron chi connectivity index (χ1n) is 9.81. The summed E-state index contributed by atoms with van der Waals surface area (Å²) in [6.45, 7) is 7.90. The van der Waals surface area contributed by atoms with Crippen molar-refractivity contribution in [3.8, 4) is 0 Å². The summed E-state index contributed by atoms with van der Waals surface area (Å²) in [6.07, 6.45) is 4.94. The lowest BCUT2D eigenvalue weighted by Gasteiger charge is -2.36. The molecule has 0 spiro atoms. The van der Waals surface area contributed by atoms with Crippen molar-refractivity contribution >= 4 is 29.2 Å². The highest BCUT2D eigenvalue weighted by atomic mass is 16.6. The number of hydrogen-bond acceptors (Lipinski definition) is 5. The number of furan rings is 1. The van der Waals surface area contributed by atoms with E-state index in [1.54, 1.807) is 22.1 Å². The van der Waals surface area contributed by atoms with Crippen LogP contribution in [0.15, 0.2) is 39.8 Å². The zero-order valence-electron chi connectivity index (χ0n) is 17.0. The summed E-state index contributed by atoms with van der Waals surface area (Å²) in [6, 6.07) is 5.90. The van der Waals surface area contributed by atoms with Gasteiger partial charge in [0.1, 0.15) is 11.2 Å². The molecular weight excluding hydrogens is 370 g/mol. The number of carbonyl (C=O) groups excluding carboxylic acids is 2. The monoisotopic (exact) mass is 395 g/mol. The Labute approximate surface area is 169 Å². The van der Waals surface area contributed by atoms with Gasteiger partial charge in [-0.1, -0.05) is 11.6 Å². The number of ether oxygens (including phenoxy) is 1. The molecule has 1 saturated heterocycles. The number of dihydropyridines is 1. The summed E-state index contributed by atoms with van der Waals surface area (Å²) in [7, 11) is 0. The predicted octanol–water partition coefficient (Wildman–Crippen LogP) is 3.34. The molecule has 0 bridgehead atoms. The van der Waals surface area contributed by atoms with E-state index >= 15 is 0 Å². The second-order valence-electron chi connectivity index (χ2n) is 7.86. The van der Waals surface area contributed by atoms with Crippen LogP contribution in [-0.4, -0.2) is 66.3 Å². The van der Waals surface area contributed by atoms with Gasteiger partial charge in [-0.15, -0.1) is 0 Å². The second kappa shape index (κ2) is 7.39. The number of fused-ring (bicyclic) bond motifs is 1. The molecule has 1 fully saturated rings. The molecule has 1 aromatic heterocycles. The van der Waals surface area contributed by atoms with Crippen molar-refractivity contribution in [1.82, 2.24) is 9.80 Å². The number of carbonyl (C=O) groups is 2. The Morgan fingerprint density at radius 1 is 1.14 bits per heavy atom. The zero-order chi connectivity index (χ0) is 20.6. The lowest BCUT2D eigenvalue weighted by molar-refractivity contribution is 0.0220. The Morgan fingerprint density at radius 3 is 2.55 bits per heavy atom. The number of nitrogens with zero attached hydrogens (tertiary/aromatic N) is 3. The average molecular weight is 395 g/mol. The molecule has 1 aromatic carbocycles. The second-order valence-corrected chi connectivity index (χ2v) is 7.86. The third kappa shape index (κ3) is 3.77. The van der Waals surface area contributed by atoms with E-state index in [0.29, 0.717) is 38.5 Å². The molecule has 0 radical (unpaired) electrons. The van der Waals surface area contributed by atoms with Gasteiger partial charge in [-0.05, 0) is 45.1 Å². The van der Waals surface area contributed by atoms with Crippen LogP contribution in [0.4, 0.5) is 4.79 Å². The zero-order valence-corrected chi connectivity index (χ0v) is 17.0. The van der Waals surface area contributed by atoms with Crippen molar-refractivity contribution in [2.45, 2.75) is 26.4 Å². The van der Waals surface area contributed by atoms with E-state index in [1.165, 1.54) is 0 Å². The highest BCUT2D eigenvalue weighted by Crippen LogP contribution is 2.27. The lowest BCUT2D eigenvalue weighted by Crippen LogP contribution is -2.52. The van der Waals surface area contributed by atoms with Gasteiger partial charge < -0.3 is 19.0 Å². The van der Waals surface area contributed by atoms with Crippen molar-refractivity contribution in [3.05, 3.63) is 47.2 Å². The van der Waals surface area contributed by atoms with Crippen molar-refractivity contribution in [2.24, 2.45) is 4.99 Å². The molecule has 2 aromatic rings. The summed E-state index contributed by atoms with van der Waals surface area (Å²) in [5.41, 5.74) is 1.98. The molecule has 0 saturated carbocycles. The lowest BCUT2D eigenvalue weighted by atomic mass is 10.1. The van der Waals surface area contributed by atoms with Crippen LogP contribution in [0, 0.1) is 13.8 Å². The third-order valence-electron chi connectivity index (χ3n) is 5.48. The number of piperazine rings is 1. The fourth-order valence-electron chi connectivity index (χ4n) is 3.70. The van der Waals surface area contributed by atoms with Gasteiger partial charge in [0.05, 0.1) is 6.54 Å². The first kappa shape index (κ1) is 19.2. The van der Waals surface area contributed by atoms with Crippen LogP contribution < -0.4 is 0 Å². The molecule has 29 heavy (non-hydrogen) atoms. The molecule has 1 atom stereocenters. The molecule has 3 heterocycles. The summed E-state index contributed by atoms with van der Waals surface area (Å²) >= 11 is 0. The van der Waals surface area contributed by atoms with E-state index in [4.69, 9.17) is 9.15 Å².